The van der Waals surface area contributed by atoms with Gasteiger partial charge < -0.3 is 10.1 Å². The summed E-state index contributed by atoms with van der Waals surface area (Å²) < 4.78 is 40.8. The van der Waals surface area contributed by atoms with Gasteiger partial charge in [-0.1, -0.05) is 35.9 Å². The Hall–Kier alpha value is -1.72. The Morgan fingerprint density at radius 3 is 2.24 bits per heavy atom. The highest BCUT2D eigenvalue weighted by Crippen LogP contribution is 2.29. The molecule has 2 aromatic carbocycles. The van der Waals surface area contributed by atoms with Gasteiger partial charge in [0.05, 0.1) is 6.04 Å². The molecule has 0 aliphatic rings. The van der Waals surface area contributed by atoms with E-state index >= 15 is 0 Å². The van der Waals surface area contributed by atoms with Crippen LogP contribution in [0, 0.1) is 0 Å². The van der Waals surface area contributed by atoms with Crippen LogP contribution in [0.15, 0.2) is 48.5 Å². The van der Waals surface area contributed by atoms with Crippen LogP contribution < -0.4 is 10.1 Å². The molecule has 2 nitrogen and oxygen atoms in total. The third-order valence-electron chi connectivity index (χ3n) is 2.90. The van der Waals surface area contributed by atoms with Gasteiger partial charge in [0.1, 0.15) is 5.75 Å². The van der Waals surface area contributed by atoms with E-state index in [1.165, 1.54) is 18.2 Å². The van der Waals surface area contributed by atoms with Crippen molar-refractivity contribution >= 4 is 11.6 Å². The van der Waals surface area contributed by atoms with E-state index < -0.39 is 6.36 Å². The summed E-state index contributed by atoms with van der Waals surface area (Å²) in [6.07, 6.45) is -4.70. The van der Waals surface area contributed by atoms with Crippen molar-refractivity contribution in [2.45, 2.75) is 12.4 Å². The van der Waals surface area contributed by atoms with Crippen LogP contribution in [0.4, 0.5) is 13.2 Å². The zero-order valence-electron chi connectivity index (χ0n) is 11.1. The summed E-state index contributed by atoms with van der Waals surface area (Å²) in [5, 5.41) is 3.62. The van der Waals surface area contributed by atoms with E-state index in [4.69, 9.17) is 11.6 Å². The zero-order chi connectivity index (χ0) is 15.5. The topological polar surface area (TPSA) is 21.3 Å². The minimum atomic E-state index is -4.70. The number of halogens is 4. The van der Waals surface area contributed by atoms with Gasteiger partial charge in [0.15, 0.2) is 0 Å². The minimum absolute atomic E-state index is 0.248. The first-order chi connectivity index (χ1) is 9.89. The van der Waals surface area contributed by atoms with Crippen LogP contribution in [0.5, 0.6) is 5.75 Å². The quantitative estimate of drug-likeness (QED) is 0.894. The summed E-state index contributed by atoms with van der Waals surface area (Å²) in [6, 6.07) is 12.7. The number of hydrogen-bond acceptors (Lipinski definition) is 2. The zero-order valence-corrected chi connectivity index (χ0v) is 11.9. The molecular weight excluding hydrogens is 303 g/mol. The second kappa shape index (κ2) is 6.37. The molecule has 1 N–H and O–H groups in total. The first kappa shape index (κ1) is 15.7. The van der Waals surface area contributed by atoms with E-state index in [-0.39, 0.29) is 11.8 Å². The lowest BCUT2D eigenvalue weighted by molar-refractivity contribution is -0.274. The summed E-state index contributed by atoms with van der Waals surface area (Å²) >= 11 is 5.95. The molecule has 0 saturated carbocycles. The summed E-state index contributed by atoms with van der Waals surface area (Å²) in [7, 11) is 1.73. The summed E-state index contributed by atoms with van der Waals surface area (Å²) in [4.78, 5) is 0. The average molecular weight is 316 g/mol. The van der Waals surface area contributed by atoms with Gasteiger partial charge in [-0.3, -0.25) is 0 Å². The molecule has 0 aliphatic heterocycles. The van der Waals surface area contributed by atoms with Gasteiger partial charge in [0.25, 0.3) is 0 Å². The van der Waals surface area contributed by atoms with Crippen molar-refractivity contribution in [3.63, 3.8) is 0 Å². The molecule has 21 heavy (non-hydrogen) atoms. The lowest BCUT2D eigenvalue weighted by Gasteiger charge is -2.18. The summed E-state index contributed by atoms with van der Waals surface area (Å²) in [5.41, 5.74) is 1.51. The Balaban J connectivity index is 2.32. The van der Waals surface area contributed by atoms with Crippen molar-refractivity contribution in [2.75, 3.05) is 7.05 Å². The Kier molecular flexibility index (Phi) is 4.75. The molecule has 0 amide bonds. The predicted octanol–water partition coefficient (Wildman–Crippen LogP) is 4.55. The Bertz CT molecular complexity index is 616. The van der Waals surface area contributed by atoms with Gasteiger partial charge in [-0.2, -0.15) is 0 Å². The number of hydrogen-bond donors (Lipinski definition) is 1. The van der Waals surface area contributed by atoms with Gasteiger partial charge in [-0.15, -0.1) is 13.2 Å². The molecule has 2 aromatic rings. The molecule has 0 fully saturated rings. The van der Waals surface area contributed by atoms with Crippen LogP contribution in [0.2, 0.25) is 5.02 Å². The molecular formula is C15H13ClF3NO. The van der Waals surface area contributed by atoms with Crippen molar-refractivity contribution in [2.24, 2.45) is 0 Å². The maximum Gasteiger partial charge on any atom is 0.573 e. The highest BCUT2D eigenvalue weighted by atomic mass is 35.5. The standard InChI is InChI=1S/C15H13ClF3NO/c1-20-14(10-4-2-6-12(16)8-10)11-5-3-7-13(9-11)21-15(17,18)19/h2-9,14,20H,1H3. The number of nitrogens with one attached hydrogen (secondary N) is 1. The van der Waals surface area contributed by atoms with Crippen molar-refractivity contribution in [1.29, 1.82) is 0 Å². The molecule has 2 rings (SSSR count). The summed E-state index contributed by atoms with van der Waals surface area (Å²) in [5.74, 6) is -0.248. The molecule has 0 radical (unpaired) electrons. The molecule has 112 valence electrons. The monoisotopic (exact) mass is 315 g/mol. The lowest BCUT2D eigenvalue weighted by atomic mass is 9.99. The van der Waals surface area contributed by atoms with E-state index in [2.05, 4.69) is 10.1 Å². The van der Waals surface area contributed by atoms with Crippen molar-refractivity contribution in [3.05, 3.63) is 64.7 Å². The fraction of sp³-hybridized carbons (Fsp3) is 0.200. The molecule has 0 aromatic heterocycles. The SMILES string of the molecule is CNC(c1cccc(Cl)c1)c1cccc(OC(F)(F)F)c1. The Morgan fingerprint density at radius 2 is 1.67 bits per heavy atom. The first-order valence-electron chi connectivity index (χ1n) is 6.17. The van der Waals surface area contributed by atoms with Gasteiger partial charge in [0.2, 0.25) is 0 Å². The number of ether oxygens (including phenoxy) is 1. The fourth-order valence-corrected chi connectivity index (χ4v) is 2.30. The third kappa shape index (κ3) is 4.37. The van der Waals surface area contributed by atoms with E-state index in [1.54, 1.807) is 31.3 Å². The normalized spacial score (nSPS) is 13.0. The van der Waals surface area contributed by atoms with Gasteiger partial charge >= 0.3 is 6.36 Å². The van der Waals surface area contributed by atoms with Crippen LogP contribution in [0.25, 0.3) is 0 Å². The smallest absolute Gasteiger partial charge is 0.406 e. The third-order valence-corrected chi connectivity index (χ3v) is 3.13. The molecule has 0 saturated heterocycles. The summed E-state index contributed by atoms with van der Waals surface area (Å²) in [6.45, 7) is 0. The van der Waals surface area contributed by atoms with Crippen LogP contribution >= 0.6 is 11.6 Å². The molecule has 6 heteroatoms. The molecule has 0 bridgehead atoms. The second-order valence-electron chi connectivity index (χ2n) is 4.40. The molecule has 0 spiro atoms. The highest BCUT2D eigenvalue weighted by molar-refractivity contribution is 6.30. The maximum absolute atomic E-state index is 12.3. The van der Waals surface area contributed by atoms with Crippen molar-refractivity contribution < 1.29 is 17.9 Å². The minimum Gasteiger partial charge on any atom is -0.406 e. The first-order valence-corrected chi connectivity index (χ1v) is 6.55. The van der Waals surface area contributed by atoms with Crippen LogP contribution in [0.1, 0.15) is 17.2 Å². The predicted molar refractivity (Wildman–Crippen MR) is 75.5 cm³/mol. The molecule has 0 heterocycles. The molecule has 1 atom stereocenters. The van der Waals surface area contributed by atoms with E-state index in [0.29, 0.717) is 10.6 Å². The maximum atomic E-state index is 12.3. The largest absolute Gasteiger partial charge is 0.573 e. The Labute approximate surface area is 125 Å². The average Bonchev–Trinajstić information content (AvgIpc) is 2.38. The highest BCUT2D eigenvalue weighted by Gasteiger charge is 2.31. The van der Waals surface area contributed by atoms with Gasteiger partial charge in [0, 0.05) is 5.02 Å². The second-order valence-corrected chi connectivity index (χ2v) is 4.83. The van der Waals surface area contributed by atoms with E-state index in [9.17, 15) is 13.2 Å². The fourth-order valence-electron chi connectivity index (χ4n) is 2.10. The van der Waals surface area contributed by atoms with E-state index in [0.717, 1.165) is 5.56 Å². The Morgan fingerprint density at radius 1 is 1.05 bits per heavy atom. The molecule has 0 aliphatic carbocycles. The van der Waals surface area contributed by atoms with Gasteiger partial charge in [-0.05, 0) is 42.4 Å². The number of alkyl halides is 3. The van der Waals surface area contributed by atoms with Crippen LogP contribution in [0.3, 0.4) is 0 Å². The number of rotatable bonds is 4. The number of benzene rings is 2. The van der Waals surface area contributed by atoms with Crippen molar-refractivity contribution in [1.82, 2.24) is 5.32 Å². The van der Waals surface area contributed by atoms with Gasteiger partial charge in [-0.25, -0.2) is 0 Å². The van der Waals surface area contributed by atoms with E-state index in [1.807, 2.05) is 6.07 Å². The lowest BCUT2D eigenvalue weighted by Crippen LogP contribution is -2.19. The molecule has 1 unspecified atom stereocenters. The van der Waals surface area contributed by atoms with Crippen molar-refractivity contribution in [3.8, 4) is 5.75 Å². The van der Waals surface area contributed by atoms with Crippen LogP contribution in [-0.2, 0) is 0 Å². The van der Waals surface area contributed by atoms with Crippen LogP contribution in [-0.4, -0.2) is 13.4 Å².